The summed E-state index contributed by atoms with van der Waals surface area (Å²) in [7, 11) is 3.34. The van der Waals surface area contributed by atoms with Crippen molar-refractivity contribution in [2.75, 3.05) is 14.1 Å². The fraction of sp³-hybridized carbons (Fsp3) is 0.364. The SMILES string of the molecule is C[C@@H](Oc1ccc(Cl)cc1Cl)C(=O)N(C)C. The average molecular weight is 262 g/mol. The van der Waals surface area contributed by atoms with E-state index in [4.69, 9.17) is 27.9 Å². The number of halogens is 2. The van der Waals surface area contributed by atoms with E-state index in [-0.39, 0.29) is 5.91 Å². The zero-order valence-electron chi connectivity index (χ0n) is 9.33. The molecule has 1 aromatic rings. The van der Waals surface area contributed by atoms with Gasteiger partial charge in [-0.2, -0.15) is 0 Å². The predicted molar refractivity (Wildman–Crippen MR) is 65.2 cm³/mol. The summed E-state index contributed by atoms with van der Waals surface area (Å²) in [4.78, 5) is 13.0. The van der Waals surface area contributed by atoms with Crippen LogP contribution in [0.3, 0.4) is 0 Å². The van der Waals surface area contributed by atoms with Gasteiger partial charge in [0.25, 0.3) is 5.91 Å². The molecule has 0 aliphatic rings. The van der Waals surface area contributed by atoms with Crippen LogP contribution >= 0.6 is 23.2 Å². The van der Waals surface area contributed by atoms with Crippen LogP contribution in [0.5, 0.6) is 5.75 Å². The molecule has 0 aliphatic carbocycles. The van der Waals surface area contributed by atoms with Gasteiger partial charge >= 0.3 is 0 Å². The first-order valence-corrected chi connectivity index (χ1v) is 5.50. The molecule has 1 atom stereocenters. The summed E-state index contributed by atoms with van der Waals surface area (Å²) in [6.45, 7) is 1.67. The minimum atomic E-state index is -0.575. The Hall–Kier alpha value is -0.930. The summed E-state index contributed by atoms with van der Waals surface area (Å²) in [5.74, 6) is 0.333. The minimum absolute atomic E-state index is 0.119. The minimum Gasteiger partial charge on any atom is -0.479 e. The molecular formula is C11H13Cl2NO2. The Bertz CT molecular complexity index is 394. The summed E-state index contributed by atoms with van der Waals surface area (Å²) < 4.78 is 5.44. The smallest absolute Gasteiger partial charge is 0.262 e. The molecule has 1 amide bonds. The first kappa shape index (κ1) is 13.1. The van der Waals surface area contributed by atoms with E-state index in [0.29, 0.717) is 15.8 Å². The molecule has 0 bridgehead atoms. The fourth-order valence-electron chi connectivity index (χ4n) is 1.18. The third-order valence-corrected chi connectivity index (χ3v) is 2.52. The number of benzene rings is 1. The number of hydrogen-bond acceptors (Lipinski definition) is 2. The van der Waals surface area contributed by atoms with Gasteiger partial charge in [-0.25, -0.2) is 0 Å². The van der Waals surface area contributed by atoms with Crippen LogP contribution in [0.4, 0.5) is 0 Å². The van der Waals surface area contributed by atoms with Crippen LogP contribution in [0.1, 0.15) is 6.92 Å². The van der Waals surface area contributed by atoms with E-state index in [1.807, 2.05) is 0 Å². The summed E-state index contributed by atoms with van der Waals surface area (Å²) >= 11 is 11.7. The Morgan fingerprint density at radius 1 is 1.38 bits per heavy atom. The van der Waals surface area contributed by atoms with Gasteiger partial charge in [-0.1, -0.05) is 23.2 Å². The molecule has 3 nitrogen and oxygen atoms in total. The maximum absolute atomic E-state index is 11.6. The van der Waals surface area contributed by atoms with E-state index in [9.17, 15) is 4.79 Å². The second-order valence-electron chi connectivity index (χ2n) is 3.57. The molecule has 16 heavy (non-hydrogen) atoms. The Labute approximate surface area is 105 Å². The predicted octanol–water partition coefficient (Wildman–Crippen LogP) is 2.85. The van der Waals surface area contributed by atoms with Gasteiger partial charge in [-0.15, -0.1) is 0 Å². The molecule has 1 rings (SSSR count). The van der Waals surface area contributed by atoms with Crippen molar-refractivity contribution in [3.8, 4) is 5.75 Å². The van der Waals surface area contributed by atoms with Crippen molar-refractivity contribution in [1.82, 2.24) is 4.90 Å². The van der Waals surface area contributed by atoms with Crippen LogP contribution in [0.25, 0.3) is 0 Å². The molecule has 0 spiro atoms. The van der Waals surface area contributed by atoms with Gasteiger partial charge in [-0.3, -0.25) is 4.79 Å². The van der Waals surface area contributed by atoms with Crippen molar-refractivity contribution in [3.63, 3.8) is 0 Å². The van der Waals surface area contributed by atoms with E-state index in [2.05, 4.69) is 0 Å². The molecule has 0 aliphatic heterocycles. The van der Waals surface area contributed by atoms with Gasteiger partial charge in [0.05, 0.1) is 5.02 Å². The van der Waals surface area contributed by atoms with Gasteiger partial charge in [-0.05, 0) is 25.1 Å². The van der Waals surface area contributed by atoms with E-state index < -0.39 is 6.10 Å². The van der Waals surface area contributed by atoms with Crippen LogP contribution in [0, 0.1) is 0 Å². The molecule has 0 N–H and O–H groups in total. The number of amides is 1. The summed E-state index contributed by atoms with van der Waals surface area (Å²) in [6.07, 6.45) is -0.575. The van der Waals surface area contributed by atoms with Crippen molar-refractivity contribution in [1.29, 1.82) is 0 Å². The van der Waals surface area contributed by atoms with Crippen molar-refractivity contribution < 1.29 is 9.53 Å². The number of carbonyl (C=O) groups is 1. The number of likely N-dealkylation sites (N-methyl/N-ethyl adjacent to an activating group) is 1. The van der Waals surface area contributed by atoms with Gasteiger partial charge in [0.2, 0.25) is 0 Å². The quantitative estimate of drug-likeness (QED) is 0.838. The monoisotopic (exact) mass is 261 g/mol. The Morgan fingerprint density at radius 3 is 2.50 bits per heavy atom. The van der Waals surface area contributed by atoms with Gasteiger partial charge in [0.1, 0.15) is 5.75 Å². The van der Waals surface area contributed by atoms with E-state index >= 15 is 0 Å². The first-order valence-electron chi connectivity index (χ1n) is 4.74. The largest absolute Gasteiger partial charge is 0.479 e. The fourth-order valence-corrected chi connectivity index (χ4v) is 1.63. The number of nitrogens with zero attached hydrogens (tertiary/aromatic N) is 1. The van der Waals surface area contributed by atoms with Crippen molar-refractivity contribution >= 4 is 29.1 Å². The normalized spacial score (nSPS) is 12.1. The maximum atomic E-state index is 11.6. The van der Waals surface area contributed by atoms with E-state index in [1.54, 1.807) is 39.2 Å². The lowest BCUT2D eigenvalue weighted by atomic mass is 10.3. The second kappa shape index (κ2) is 5.41. The van der Waals surface area contributed by atoms with Gasteiger partial charge < -0.3 is 9.64 Å². The highest BCUT2D eigenvalue weighted by molar-refractivity contribution is 6.35. The summed E-state index contributed by atoms with van der Waals surface area (Å²) in [5, 5.41) is 0.926. The topological polar surface area (TPSA) is 29.5 Å². The highest BCUT2D eigenvalue weighted by Crippen LogP contribution is 2.28. The van der Waals surface area contributed by atoms with Crippen LogP contribution in [-0.2, 0) is 4.79 Å². The lowest BCUT2D eigenvalue weighted by molar-refractivity contribution is -0.135. The Morgan fingerprint density at radius 2 is 2.00 bits per heavy atom. The summed E-state index contributed by atoms with van der Waals surface area (Å²) in [6, 6.07) is 4.88. The molecule has 0 saturated heterocycles. The number of rotatable bonds is 3. The van der Waals surface area contributed by atoms with Gasteiger partial charge in [0.15, 0.2) is 6.10 Å². The molecule has 0 unspecified atom stereocenters. The van der Waals surface area contributed by atoms with Crippen molar-refractivity contribution in [2.24, 2.45) is 0 Å². The maximum Gasteiger partial charge on any atom is 0.262 e. The second-order valence-corrected chi connectivity index (χ2v) is 4.41. The number of hydrogen-bond donors (Lipinski definition) is 0. The van der Waals surface area contributed by atoms with Crippen LogP contribution in [-0.4, -0.2) is 31.0 Å². The molecule has 0 fully saturated rings. The zero-order chi connectivity index (χ0) is 12.3. The highest BCUT2D eigenvalue weighted by Gasteiger charge is 2.17. The number of carbonyl (C=O) groups excluding carboxylic acids is 1. The molecular weight excluding hydrogens is 249 g/mol. The standard InChI is InChI=1S/C11H13Cl2NO2/c1-7(11(15)14(2)3)16-10-5-4-8(12)6-9(10)13/h4-7H,1-3H3/t7-/m1/s1. The molecule has 88 valence electrons. The molecule has 1 aromatic carbocycles. The summed E-state index contributed by atoms with van der Waals surface area (Å²) in [5.41, 5.74) is 0. The van der Waals surface area contributed by atoms with E-state index in [1.165, 1.54) is 4.90 Å². The molecule has 5 heteroatoms. The lowest BCUT2D eigenvalue weighted by Crippen LogP contribution is -2.35. The van der Waals surface area contributed by atoms with Crippen molar-refractivity contribution in [3.05, 3.63) is 28.2 Å². The van der Waals surface area contributed by atoms with Crippen molar-refractivity contribution in [2.45, 2.75) is 13.0 Å². The lowest BCUT2D eigenvalue weighted by Gasteiger charge is -2.18. The van der Waals surface area contributed by atoms with Crippen LogP contribution in [0.2, 0.25) is 10.0 Å². The molecule has 0 saturated carbocycles. The molecule has 0 radical (unpaired) electrons. The Balaban J connectivity index is 2.77. The molecule has 0 heterocycles. The van der Waals surface area contributed by atoms with Crippen LogP contribution < -0.4 is 4.74 Å². The first-order chi connectivity index (χ1) is 7.41. The number of ether oxygens (including phenoxy) is 1. The molecule has 0 aromatic heterocycles. The van der Waals surface area contributed by atoms with Gasteiger partial charge in [0, 0.05) is 19.1 Å². The van der Waals surface area contributed by atoms with Crippen LogP contribution in [0.15, 0.2) is 18.2 Å². The average Bonchev–Trinajstić information content (AvgIpc) is 2.20. The third-order valence-electron chi connectivity index (χ3n) is 1.99. The van der Waals surface area contributed by atoms with E-state index in [0.717, 1.165) is 0 Å². The zero-order valence-corrected chi connectivity index (χ0v) is 10.8. The highest BCUT2D eigenvalue weighted by atomic mass is 35.5. The third kappa shape index (κ3) is 3.29. The Kier molecular flexibility index (Phi) is 4.44.